The molecule has 1 aromatic carbocycles. The van der Waals surface area contributed by atoms with Crippen LogP contribution < -0.4 is 10.3 Å². The zero-order chi connectivity index (χ0) is 21.3. The van der Waals surface area contributed by atoms with Crippen molar-refractivity contribution in [2.75, 3.05) is 6.61 Å². The summed E-state index contributed by atoms with van der Waals surface area (Å²) in [4.78, 5) is 22.7. The number of nitrogens with zero attached hydrogens (tertiary/aromatic N) is 5. The van der Waals surface area contributed by atoms with Crippen molar-refractivity contribution in [3.63, 3.8) is 0 Å². The molecule has 0 saturated heterocycles. The van der Waals surface area contributed by atoms with Crippen LogP contribution >= 0.6 is 11.3 Å². The molecule has 7 nitrogen and oxygen atoms in total. The Morgan fingerprint density at radius 3 is 2.60 bits per heavy atom. The van der Waals surface area contributed by atoms with E-state index < -0.39 is 0 Å². The number of rotatable bonds is 7. The number of ether oxygens (including phenoxy) is 1. The second kappa shape index (κ2) is 8.39. The Labute approximate surface area is 179 Å². The third-order valence-electron chi connectivity index (χ3n) is 4.90. The maximum atomic E-state index is 13.2. The van der Waals surface area contributed by atoms with Crippen LogP contribution in [0.4, 0.5) is 0 Å². The van der Waals surface area contributed by atoms with E-state index in [1.54, 1.807) is 27.6 Å². The average Bonchev–Trinajstić information content (AvgIpc) is 3.33. The Morgan fingerprint density at radius 2 is 1.90 bits per heavy atom. The Hall–Kier alpha value is -3.00. The second-order valence-corrected chi connectivity index (χ2v) is 8.24. The molecule has 0 amide bonds. The van der Waals surface area contributed by atoms with Crippen LogP contribution in [0.5, 0.6) is 5.75 Å². The number of benzene rings is 1. The predicted molar refractivity (Wildman–Crippen MR) is 120 cm³/mol. The van der Waals surface area contributed by atoms with Gasteiger partial charge in [-0.05, 0) is 31.9 Å². The van der Waals surface area contributed by atoms with Gasteiger partial charge in [-0.1, -0.05) is 32.4 Å². The molecule has 0 aliphatic rings. The van der Waals surface area contributed by atoms with Crippen molar-refractivity contribution in [2.45, 2.75) is 40.0 Å². The maximum Gasteiger partial charge on any atom is 0.281 e. The Balaban J connectivity index is 1.97. The number of hydrogen-bond acceptors (Lipinski definition) is 6. The standard InChI is InChI=1S/C22H25N5O2S/c1-5-9-16-19-20(25-27(16)18-13-30-14(3)23-18)22(28)26(4)21(24-19)15-10-7-8-11-17(15)29-12-6-2/h7-8,10-11,13H,5-6,9,12H2,1-4H3. The topological polar surface area (TPSA) is 74.8 Å². The minimum Gasteiger partial charge on any atom is -0.493 e. The van der Waals surface area contributed by atoms with Gasteiger partial charge in [0.15, 0.2) is 11.3 Å². The maximum absolute atomic E-state index is 13.2. The van der Waals surface area contributed by atoms with Gasteiger partial charge in [0.25, 0.3) is 5.56 Å². The number of thiazole rings is 1. The molecule has 0 aliphatic carbocycles. The van der Waals surface area contributed by atoms with Crippen molar-refractivity contribution < 1.29 is 4.74 Å². The lowest BCUT2D eigenvalue weighted by atomic mass is 10.1. The lowest BCUT2D eigenvalue weighted by molar-refractivity contribution is 0.318. The van der Waals surface area contributed by atoms with Crippen LogP contribution in [0, 0.1) is 6.92 Å². The Morgan fingerprint density at radius 1 is 1.10 bits per heavy atom. The molecule has 0 radical (unpaired) electrons. The third kappa shape index (κ3) is 3.52. The molecule has 0 spiro atoms. The van der Waals surface area contributed by atoms with E-state index in [1.165, 1.54) is 0 Å². The summed E-state index contributed by atoms with van der Waals surface area (Å²) in [5.41, 5.74) is 2.52. The summed E-state index contributed by atoms with van der Waals surface area (Å²) in [6.45, 7) is 6.73. The van der Waals surface area contributed by atoms with Gasteiger partial charge in [0.05, 0.1) is 22.9 Å². The summed E-state index contributed by atoms with van der Waals surface area (Å²) in [6, 6.07) is 7.71. The van der Waals surface area contributed by atoms with Crippen LogP contribution in [0.1, 0.15) is 37.4 Å². The summed E-state index contributed by atoms with van der Waals surface area (Å²) < 4.78 is 9.24. The van der Waals surface area contributed by atoms with Gasteiger partial charge in [-0.3, -0.25) is 9.36 Å². The van der Waals surface area contributed by atoms with E-state index in [2.05, 4.69) is 23.9 Å². The average molecular weight is 424 g/mol. The van der Waals surface area contributed by atoms with Crippen molar-refractivity contribution in [3.8, 4) is 23.0 Å². The lowest BCUT2D eigenvalue weighted by Gasteiger charge is -2.13. The van der Waals surface area contributed by atoms with Crippen molar-refractivity contribution in [1.29, 1.82) is 0 Å². The van der Waals surface area contributed by atoms with Crippen molar-refractivity contribution in [3.05, 3.63) is 50.7 Å². The smallest absolute Gasteiger partial charge is 0.281 e. The van der Waals surface area contributed by atoms with Gasteiger partial charge in [-0.15, -0.1) is 11.3 Å². The second-order valence-electron chi connectivity index (χ2n) is 7.17. The Kier molecular flexibility index (Phi) is 5.67. The van der Waals surface area contributed by atoms with Crippen LogP contribution in [0.3, 0.4) is 0 Å². The van der Waals surface area contributed by atoms with Crippen LogP contribution in [-0.2, 0) is 13.5 Å². The molecular formula is C22H25N5O2S. The first-order valence-corrected chi connectivity index (χ1v) is 11.1. The molecule has 156 valence electrons. The highest BCUT2D eigenvalue weighted by atomic mass is 32.1. The molecule has 3 heterocycles. The quantitative estimate of drug-likeness (QED) is 0.443. The van der Waals surface area contributed by atoms with Crippen LogP contribution in [0.2, 0.25) is 0 Å². The van der Waals surface area contributed by atoms with Gasteiger partial charge in [-0.25, -0.2) is 14.6 Å². The number of aryl methyl sites for hydroxylation is 2. The highest BCUT2D eigenvalue weighted by Crippen LogP contribution is 2.30. The molecular weight excluding hydrogens is 398 g/mol. The lowest BCUT2D eigenvalue weighted by Crippen LogP contribution is -2.20. The van der Waals surface area contributed by atoms with Crippen molar-refractivity contribution >= 4 is 22.4 Å². The zero-order valence-corrected chi connectivity index (χ0v) is 18.5. The van der Waals surface area contributed by atoms with Crippen LogP contribution in [0.25, 0.3) is 28.2 Å². The fourth-order valence-corrected chi connectivity index (χ4v) is 4.05. The highest BCUT2D eigenvalue weighted by molar-refractivity contribution is 7.09. The molecule has 0 bridgehead atoms. The molecule has 4 aromatic rings. The molecule has 0 saturated carbocycles. The van der Waals surface area contributed by atoms with E-state index in [4.69, 9.17) is 9.72 Å². The zero-order valence-electron chi connectivity index (χ0n) is 17.7. The first-order valence-electron chi connectivity index (χ1n) is 10.2. The first kappa shape index (κ1) is 20.3. The molecule has 0 aliphatic heterocycles. The monoisotopic (exact) mass is 423 g/mol. The predicted octanol–water partition coefficient (Wildman–Crippen LogP) is 4.29. The number of fused-ring (bicyclic) bond motifs is 1. The SMILES string of the molecule is CCCOc1ccccc1-c1nc2c(CCC)n(-c3csc(C)n3)nc2c(=O)n1C. The summed E-state index contributed by atoms with van der Waals surface area (Å²) >= 11 is 1.56. The van der Waals surface area contributed by atoms with E-state index in [1.807, 2.05) is 36.6 Å². The van der Waals surface area contributed by atoms with Crippen molar-refractivity contribution in [2.24, 2.45) is 7.05 Å². The van der Waals surface area contributed by atoms with E-state index >= 15 is 0 Å². The number of para-hydroxylation sites is 1. The third-order valence-corrected chi connectivity index (χ3v) is 5.66. The molecule has 0 unspecified atom stereocenters. The summed E-state index contributed by atoms with van der Waals surface area (Å²) in [5.74, 6) is 2.03. The normalized spacial score (nSPS) is 11.3. The van der Waals surface area contributed by atoms with E-state index in [-0.39, 0.29) is 5.56 Å². The summed E-state index contributed by atoms with van der Waals surface area (Å²) in [5, 5.41) is 7.53. The van der Waals surface area contributed by atoms with E-state index in [0.717, 1.165) is 47.1 Å². The summed E-state index contributed by atoms with van der Waals surface area (Å²) in [7, 11) is 1.73. The molecule has 30 heavy (non-hydrogen) atoms. The fourth-order valence-electron chi connectivity index (χ4n) is 3.47. The van der Waals surface area contributed by atoms with Gasteiger partial charge in [-0.2, -0.15) is 5.10 Å². The van der Waals surface area contributed by atoms with Gasteiger partial charge >= 0.3 is 0 Å². The van der Waals surface area contributed by atoms with Gasteiger partial charge < -0.3 is 4.74 Å². The largest absolute Gasteiger partial charge is 0.493 e. The Bertz CT molecular complexity index is 1250. The van der Waals surface area contributed by atoms with Crippen LogP contribution in [0.15, 0.2) is 34.4 Å². The summed E-state index contributed by atoms with van der Waals surface area (Å²) in [6.07, 6.45) is 2.56. The molecule has 0 atom stereocenters. The molecule has 0 N–H and O–H groups in total. The molecule has 4 rings (SSSR count). The minimum absolute atomic E-state index is 0.177. The minimum atomic E-state index is -0.177. The fraction of sp³-hybridized carbons (Fsp3) is 0.364. The van der Waals surface area contributed by atoms with Gasteiger partial charge in [0, 0.05) is 12.4 Å². The van der Waals surface area contributed by atoms with Crippen LogP contribution in [-0.4, -0.2) is 30.9 Å². The van der Waals surface area contributed by atoms with Crippen molar-refractivity contribution in [1.82, 2.24) is 24.3 Å². The van der Waals surface area contributed by atoms with Gasteiger partial charge in [0.2, 0.25) is 0 Å². The number of aromatic nitrogens is 5. The molecule has 8 heteroatoms. The van der Waals surface area contributed by atoms with E-state index in [0.29, 0.717) is 23.5 Å². The molecule has 0 fully saturated rings. The highest BCUT2D eigenvalue weighted by Gasteiger charge is 2.22. The van der Waals surface area contributed by atoms with E-state index in [9.17, 15) is 4.79 Å². The first-order chi connectivity index (χ1) is 14.5. The number of hydrogen-bond donors (Lipinski definition) is 0. The molecule has 3 aromatic heterocycles. The van der Waals surface area contributed by atoms with Gasteiger partial charge in [0.1, 0.15) is 17.1 Å².